The highest BCUT2D eigenvalue weighted by molar-refractivity contribution is 6.30. The van der Waals surface area contributed by atoms with Crippen molar-refractivity contribution in [2.24, 2.45) is 0 Å². The summed E-state index contributed by atoms with van der Waals surface area (Å²) in [7, 11) is 0. The maximum absolute atomic E-state index is 6.17. The van der Waals surface area contributed by atoms with Crippen molar-refractivity contribution in [3.05, 3.63) is 108 Å². The van der Waals surface area contributed by atoms with Crippen LogP contribution in [0.1, 0.15) is 0 Å². The fourth-order valence-corrected chi connectivity index (χ4v) is 4.64. The molecule has 0 fully saturated rings. The van der Waals surface area contributed by atoms with E-state index in [9.17, 15) is 0 Å². The van der Waals surface area contributed by atoms with Gasteiger partial charge in [0.1, 0.15) is 0 Å². The lowest BCUT2D eigenvalue weighted by atomic mass is 9.89. The van der Waals surface area contributed by atoms with Gasteiger partial charge < -0.3 is 4.98 Å². The van der Waals surface area contributed by atoms with Crippen LogP contribution in [0.15, 0.2) is 103 Å². The average Bonchev–Trinajstić information content (AvgIpc) is 3.18. The van der Waals surface area contributed by atoms with Crippen molar-refractivity contribution in [1.29, 1.82) is 0 Å². The number of hydrogen-bond donors (Lipinski definition) is 1. The summed E-state index contributed by atoms with van der Waals surface area (Å²) in [6.45, 7) is 0. The summed E-state index contributed by atoms with van der Waals surface area (Å²) in [5, 5.41) is 5.73. The second-order valence-corrected chi connectivity index (χ2v) is 8.05. The van der Waals surface area contributed by atoms with Gasteiger partial charge in [-0.15, -0.1) is 0 Å². The Morgan fingerprint density at radius 3 is 2.13 bits per heavy atom. The van der Waals surface area contributed by atoms with Gasteiger partial charge in [-0.25, -0.2) is 0 Å². The van der Waals surface area contributed by atoms with Gasteiger partial charge in [-0.3, -0.25) is 0 Å². The number of aromatic amines is 1. The van der Waals surface area contributed by atoms with Crippen LogP contribution in [0.3, 0.4) is 0 Å². The quantitative estimate of drug-likeness (QED) is 0.298. The van der Waals surface area contributed by atoms with Gasteiger partial charge in [0.05, 0.1) is 5.52 Å². The molecule has 0 amide bonds. The van der Waals surface area contributed by atoms with Crippen molar-refractivity contribution in [1.82, 2.24) is 4.98 Å². The van der Waals surface area contributed by atoms with Crippen LogP contribution < -0.4 is 0 Å². The van der Waals surface area contributed by atoms with E-state index in [0.717, 1.165) is 16.1 Å². The van der Waals surface area contributed by atoms with Crippen LogP contribution in [0.2, 0.25) is 5.02 Å². The predicted octanol–water partition coefficient (Wildman–Crippen LogP) is 8.46. The Kier molecular flexibility index (Phi) is 3.90. The molecule has 6 aromatic rings. The molecule has 0 unspecified atom stereocenters. The number of benzene rings is 5. The highest BCUT2D eigenvalue weighted by atomic mass is 35.5. The lowest BCUT2D eigenvalue weighted by Crippen LogP contribution is -1.89. The SMILES string of the molecule is Clc1ccc(-c2ccc3ccccc3c2-c2cccc3c2[nH]c2ccccc23)cc1. The molecule has 0 aliphatic rings. The topological polar surface area (TPSA) is 15.8 Å². The molecule has 1 aromatic heterocycles. The maximum Gasteiger partial charge on any atom is 0.0544 e. The number of halogens is 1. The van der Waals surface area contributed by atoms with Crippen LogP contribution >= 0.6 is 11.6 Å². The number of hydrogen-bond acceptors (Lipinski definition) is 0. The van der Waals surface area contributed by atoms with Gasteiger partial charge in [-0.2, -0.15) is 0 Å². The number of fused-ring (bicyclic) bond motifs is 4. The minimum atomic E-state index is 0.749. The van der Waals surface area contributed by atoms with E-state index in [1.54, 1.807) is 0 Å². The van der Waals surface area contributed by atoms with Crippen molar-refractivity contribution >= 4 is 44.2 Å². The smallest absolute Gasteiger partial charge is 0.0544 e. The lowest BCUT2D eigenvalue weighted by Gasteiger charge is -2.15. The molecule has 6 rings (SSSR count). The van der Waals surface area contributed by atoms with Crippen LogP contribution in [0.5, 0.6) is 0 Å². The molecule has 142 valence electrons. The van der Waals surface area contributed by atoms with E-state index in [1.165, 1.54) is 43.8 Å². The van der Waals surface area contributed by atoms with E-state index in [0.29, 0.717) is 0 Å². The first-order valence-electron chi connectivity index (χ1n) is 10.1. The van der Waals surface area contributed by atoms with E-state index in [2.05, 4.69) is 96.0 Å². The molecule has 0 atom stereocenters. The van der Waals surface area contributed by atoms with Gasteiger partial charge in [0.2, 0.25) is 0 Å². The maximum atomic E-state index is 6.17. The summed E-state index contributed by atoms with van der Waals surface area (Å²) in [5.74, 6) is 0. The first-order valence-corrected chi connectivity index (χ1v) is 10.4. The van der Waals surface area contributed by atoms with Gasteiger partial charge in [0, 0.05) is 26.9 Å². The van der Waals surface area contributed by atoms with Crippen LogP contribution in [0.25, 0.3) is 54.8 Å². The number of aromatic nitrogens is 1. The average molecular weight is 404 g/mol. The largest absolute Gasteiger partial charge is 0.354 e. The normalized spacial score (nSPS) is 11.5. The molecule has 2 heteroatoms. The molecular weight excluding hydrogens is 386 g/mol. The minimum Gasteiger partial charge on any atom is -0.354 e. The Hall–Kier alpha value is -3.55. The zero-order valence-corrected chi connectivity index (χ0v) is 16.9. The van der Waals surface area contributed by atoms with Gasteiger partial charge >= 0.3 is 0 Å². The monoisotopic (exact) mass is 403 g/mol. The molecule has 30 heavy (non-hydrogen) atoms. The van der Waals surface area contributed by atoms with Gasteiger partial charge in [-0.05, 0) is 45.7 Å². The molecule has 0 spiro atoms. The Morgan fingerprint density at radius 2 is 1.27 bits per heavy atom. The van der Waals surface area contributed by atoms with Crippen LogP contribution in [0, 0.1) is 0 Å². The van der Waals surface area contributed by atoms with Crippen molar-refractivity contribution < 1.29 is 0 Å². The van der Waals surface area contributed by atoms with Crippen molar-refractivity contribution in [3.63, 3.8) is 0 Å². The zero-order chi connectivity index (χ0) is 20.1. The molecule has 0 saturated heterocycles. The number of para-hydroxylation sites is 2. The second-order valence-electron chi connectivity index (χ2n) is 7.61. The third kappa shape index (κ3) is 2.63. The third-order valence-electron chi connectivity index (χ3n) is 5.89. The second kappa shape index (κ2) is 6.76. The molecule has 1 heterocycles. The predicted molar refractivity (Wildman–Crippen MR) is 129 cm³/mol. The summed E-state index contributed by atoms with van der Waals surface area (Å²) in [6.07, 6.45) is 0. The first-order chi connectivity index (χ1) is 14.8. The van der Waals surface area contributed by atoms with E-state index in [4.69, 9.17) is 11.6 Å². The highest BCUT2D eigenvalue weighted by Crippen LogP contribution is 2.42. The van der Waals surface area contributed by atoms with Gasteiger partial charge in [0.15, 0.2) is 0 Å². The fourth-order valence-electron chi connectivity index (χ4n) is 4.51. The first kappa shape index (κ1) is 17.3. The van der Waals surface area contributed by atoms with E-state index in [1.807, 2.05) is 12.1 Å². The summed E-state index contributed by atoms with van der Waals surface area (Å²) < 4.78 is 0. The molecular formula is C28H18ClN. The summed E-state index contributed by atoms with van der Waals surface area (Å²) in [5.41, 5.74) is 7.15. The molecule has 5 aromatic carbocycles. The van der Waals surface area contributed by atoms with E-state index < -0.39 is 0 Å². The minimum absolute atomic E-state index is 0.749. The zero-order valence-electron chi connectivity index (χ0n) is 16.2. The molecule has 0 radical (unpaired) electrons. The van der Waals surface area contributed by atoms with E-state index >= 15 is 0 Å². The molecule has 0 bridgehead atoms. The number of nitrogens with one attached hydrogen (secondary N) is 1. The number of rotatable bonds is 2. The highest BCUT2D eigenvalue weighted by Gasteiger charge is 2.16. The molecule has 0 aliphatic heterocycles. The number of H-pyrrole nitrogens is 1. The van der Waals surface area contributed by atoms with E-state index in [-0.39, 0.29) is 0 Å². The summed E-state index contributed by atoms with van der Waals surface area (Å²) >= 11 is 6.17. The molecule has 0 saturated carbocycles. The molecule has 1 nitrogen and oxygen atoms in total. The van der Waals surface area contributed by atoms with Gasteiger partial charge in [-0.1, -0.05) is 96.5 Å². The summed E-state index contributed by atoms with van der Waals surface area (Å²) in [4.78, 5) is 3.68. The lowest BCUT2D eigenvalue weighted by molar-refractivity contribution is 1.54. The van der Waals surface area contributed by atoms with Crippen LogP contribution in [-0.4, -0.2) is 4.98 Å². The van der Waals surface area contributed by atoms with Crippen molar-refractivity contribution in [3.8, 4) is 22.3 Å². The van der Waals surface area contributed by atoms with Crippen molar-refractivity contribution in [2.45, 2.75) is 0 Å². The summed E-state index contributed by atoms with van der Waals surface area (Å²) in [6, 6.07) is 36.2. The van der Waals surface area contributed by atoms with Gasteiger partial charge in [0.25, 0.3) is 0 Å². The third-order valence-corrected chi connectivity index (χ3v) is 6.15. The van der Waals surface area contributed by atoms with Crippen LogP contribution in [-0.2, 0) is 0 Å². The Morgan fingerprint density at radius 1 is 0.533 bits per heavy atom. The Bertz CT molecular complexity index is 1540. The Balaban J connectivity index is 1.76. The van der Waals surface area contributed by atoms with Crippen LogP contribution in [0.4, 0.5) is 0 Å². The molecule has 0 aliphatic carbocycles. The van der Waals surface area contributed by atoms with Crippen molar-refractivity contribution in [2.75, 3.05) is 0 Å². The fraction of sp³-hybridized carbons (Fsp3) is 0. The Labute approximate surface area is 179 Å². The molecule has 1 N–H and O–H groups in total. The standard InChI is InChI=1S/C28H18ClN/c29-20-15-12-19(13-16-20)22-17-14-18-6-1-2-7-21(18)27(22)25-10-5-9-24-23-8-3-4-11-26(23)30-28(24)25/h1-17,30H.